The van der Waals surface area contributed by atoms with Crippen LogP contribution >= 0.6 is 0 Å². The van der Waals surface area contributed by atoms with E-state index in [4.69, 9.17) is 4.42 Å². The highest BCUT2D eigenvalue weighted by Gasteiger charge is 2.06. The Kier molecular flexibility index (Phi) is 3.57. The first kappa shape index (κ1) is 15.0. The molecule has 0 unspecified atom stereocenters. The topological polar surface area (TPSA) is 13.1 Å². The Hall–Kier alpha value is -3.32. The molecule has 0 saturated heterocycles. The second-order valence-corrected chi connectivity index (χ2v) is 6.56. The van der Waals surface area contributed by atoms with Crippen molar-refractivity contribution < 1.29 is 4.42 Å². The zero-order valence-electron chi connectivity index (χ0n) is 14.4. The summed E-state index contributed by atoms with van der Waals surface area (Å²) in [6.07, 6.45) is 5.53. The molecule has 1 nitrogen and oxygen atoms in total. The molecular weight excluding hydrogens is 316 g/mol. The normalized spacial score (nSPS) is 12.3. The van der Waals surface area contributed by atoms with Gasteiger partial charge in [0.25, 0.3) is 0 Å². The van der Waals surface area contributed by atoms with Gasteiger partial charge in [0.2, 0.25) is 0 Å². The fourth-order valence-corrected chi connectivity index (χ4v) is 3.75. The van der Waals surface area contributed by atoms with Gasteiger partial charge < -0.3 is 4.42 Å². The van der Waals surface area contributed by atoms with E-state index in [1.54, 1.807) is 0 Å². The van der Waals surface area contributed by atoms with Crippen LogP contribution in [0.4, 0.5) is 0 Å². The molecule has 0 aliphatic heterocycles. The van der Waals surface area contributed by atoms with Crippen LogP contribution in [0.1, 0.15) is 11.1 Å². The van der Waals surface area contributed by atoms with Gasteiger partial charge in [0.05, 0.1) is 0 Å². The molecule has 0 saturated carbocycles. The number of hydrogen-bond acceptors (Lipinski definition) is 1. The minimum absolute atomic E-state index is 0.962. The standard InChI is InChI=1S/C13H10.C12H8O/c1-4-10-6-2-8-12-9-3-7-11(5-1)13(10)12;1-3-7-11-9(5-1)10-6-2-4-8-12(10)13-11/h1-8H,9H2;1-8H. The number of fused-ring (bicyclic) bond motifs is 3. The maximum Gasteiger partial charge on any atom is 0.135 e. The lowest BCUT2D eigenvalue weighted by molar-refractivity contribution is 0.669. The van der Waals surface area contributed by atoms with Gasteiger partial charge >= 0.3 is 0 Å². The van der Waals surface area contributed by atoms with Gasteiger partial charge in [-0.1, -0.05) is 84.9 Å². The van der Waals surface area contributed by atoms with Crippen molar-refractivity contribution in [3.05, 3.63) is 102 Å². The van der Waals surface area contributed by atoms with Crippen LogP contribution < -0.4 is 0 Å². The third-order valence-corrected chi connectivity index (χ3v) is 4.94. The summed E-state index contributed by atoms with van der Waals surface area (Å²) in [5.74, 6) is 0. The highest BCUT2D eigenvalue weighted by atomic mass is 16.3. The first-order valence-corrected chi connectivity index (χ1v) is 8.93. The number of rotatable bonds is 0. The Labute approximate surface area is 152 Å². The van der Waals surface area contributed by atoms with Crippen molar-refractivity contribution in [3.63, 3.8) is 0 Å². The molecule has 124 valence electrons. The molecule has 0 fully saturated rings. The van der Waals surface area contributed by atoms with Crippen molar-refractivity contribution in [2.75, 3.05) is 0 Å². The summed E-state index contributed by atoms with van der Waals surface area (Å²) >= 11 is 0. The van der Waals surface area contributed by atoms with Gasteiger partial charge in [-0.3, -0.25) is 0 Å². The third kappa shape index (κ3) is 2.49. The van der Waals surface area contributed by atoms with Gasteiger partial charge in [-0.25, -0.2) is 0 Å². The average molecular weight is 334 g/mol. The fourth-order valence-electron chi connectivity index (χ4n) is 3.75. The van der Waals surface area contributed by atoms with E-state index in [0.717, 1.165) is 17.6 Å². The van der Waals surface area contributed by atoms with Crippen molar-refractivity contribution in [1.82, 2.24) is 0 Å². The van der Waals surface area contributed by atoms with Crippen molar-refractivity contribution in [1.29, 1.82) is 0 Å². The Morgan fingerprint density at radius 3 is 2.00 bits per heavy atom. The van der Waals surface area contributed by atoms with E-state index in [2.05, 4.69) is 60.7 Å². The smallest absolute Gasteiger partial charge is 0.135 e. The Bertz CT molecular complexity index is 1200. The van der Waals surface area contributed by atoms with E-state index < -0.39 is 0 Å². The number of allylic oxidation sites excluding steroid dienone is 1. The first-order chi connectivity index (χ1) is 12.9. The number of benzene rings is 4. The predicted octanol–water partition coefficient (Wildman–Crippen LogP) is 7.00. The SMILES string of the molecule is C1=Cc2cccc3cccc(c23)C1.c1ccc2c(c1)oc1ccccc12. The first-order valence-electron chi connectivity index (χ1n) is 8.93. The van der Waals surface area contributed by atoms with Gasteiger partial charge in [0.15, 0.2) is 0 Å². The summed E-state index contributed by atoms with van der Waals surface area (Å²) in [5, 5.41) is 5.18. The molecule has 1 aliphatic rings. The van der Waals surface area contributed by atoms with Crippen LogP contribution in [-0.4, -0.2) is 0 Å². The molecule has 0 spiro atoms. The predicted molar refractivity (Wildman–Crippen MR) is 110 cm³/mol. The van der Waals surface area contributed by atoms with Crippen molar-refractivity contribution in [2.45, 2.75) is 6.42 Å². The summed E-state index contributed by atoms with van der Waals surface area (Å²) < 4.78 is 5.65. The molecule has 1 aliphatic carbocycles. The molecule has 5 aromatic rings. The number of furan rings is 1. The Morgan fingerprint density at radius 1 is 0.615 bits per heavy atom. The molecule has 26 heavy (non-hydrogen) atoms. The summed E-state index contributed by atoms with van der Waals surface area (Å²) in [4.78, 5) is 0. The molecule has 0 bridgehead atoms. The van der Waals surface area contributed by atoms with Crippen LogP contribution in [0.5, 0.6) is 0 Å². The lowest BCUT2D eigenvalue weighted by Gasteiger charge is -2.11. The maximum absolute atomic E-state index is 5.65. The van der Waals surface area contributed by atoms with E-state index in [9.17, 15) is 0 Å². The summed E-state index contributed by atoms with van der Waals surface area (Å²) in [6.45, 7) is 0. The molecular formula is C25H18O. The van der Waals surface area contributed by atoms with Crippen molar-refractivity contribution in [3.8, 4) is 0 Å². The zero-order chi connectivity index (χ0) is 17.3. The molecule has 0 N–H and O–H groups in total. The van der Waals surface area contributed by atoms with Gasteiger partial charge in [-0.15, -0.1) is 0 Å². The molecule has 6 rings (SSSR count). The Balaban J connectivity index is 0.000000115. The third-order valence-electron chi connectivity index (χ3n) is 4.94. The van der Waals surface area contributed by atoms with E-state index in [1.165, 1.54) is 32.7 Å². The monoisotopic (exact) mass is 334 g/mol. The molecule has 1 heterocycles. The number of hydrogen-bond donors (Lipinski definition) is 0. The molecule has 1 heteroatoms. The highest BCUT2D eigenvalue weighted by Crippen LogP contribution is 2.28. The van der Waals surface area contributed by atoms with Gasteiger partial charge in [0, 0.05) is 10.8 Å². The summed E-state index contributed by atoms with van der Waals surface area (Å²) in [7, 11) is 0. The number of para-hydroxylation sites is 2. The van der Waals surface area contributed by atoms with Crippen LogP contribution in [0.3, 0.4) is 0 Å². The minimum Gasteiger partial charge on any atom is -0.456 e. The summed E-state index contributed by atoms with van der Waals surface area (Å²) in [6, 6.07) is 29.2. The van der Waals surface area contributed by atoms with Crippen LogP contribution in [-0.2, 0) is 6.42 Å². The lowest BCUT2D eigenvalue weighted by atomic mass is 9.93. The van der Waals surface area contributed by atoms with Crippen molar-refractivity contribution >= 4 is 38.8 Å². The van der Waals surface area contributed by atoms with Crippen LogP contribution in [0.25, 0.3) is 38.8 Å². The van der Waals surface area contributed by atoms with E-state index >= 15 is 0 Å². The molecule has 0 atom stereocenters. The van der Waals surface area contributed by atoms with Crippen molar-refractivity contribution in [2.24, 2.45) is 0 Å². The maximum atomic E-state index is 5.65. The van der Waals surface area contributed by atoms with Gasteiger partial charge in [-0.2, -0.15) is 0 Å². The van der Waals surface area contributed by atoms with Crippen LogP contribution in [0, 0.1) is 0 Å². The van der Waals surface area contributed by atoms with E-state index in [1.807, 2.05) is 36.4 Å². The summed E-state index contributed by atoms with van der Waals surface area (Å²) in [5.41, 5.74) is 4.74. The van der Waals surface area contributed by atoms with Gasteiger partial charge in [0.1, 0.15) is 11.2 Å². The van der Waals surface area contributed by atoms with Crippen LogP contribution in [0.15, 0.2) is 95.4 Å². The van der Waals surface area contributed by atoms with E-state index in [0.29, 0.717) is 0 Å². The Morgan fingerprint density at radius 2 is 1.27 bits per heavy atom. The highest BCUT2D eigenvalue weighted by molar-refractivity contribution is 6.04. The lowest BCUT2D eigenvalue weighted by Crippen LogP contribution is -1.91. The van der Waals surface area contributed by atoms with E-state index in [-0.39, 0.29) is 0 Å². The molecule has 4 aromatic carbocycles. The quantitative estimate of drug-likeness (QED) is 0.297. The average Bonchev–Trinajstić information content (AvgIpc) is 3.08. The van der Waals surface area contributed by atoms with Gasteiger partial charge in [-0.05, 0) is 40.5 Å². The second-order valence-electron chi connectivity index (χ2n) is 6.56. The molecule has 0 amide bonds. The zero-order valence-corrected chi connectivity index (χ0v) is 14.4. The molecule has 1 aromatic heterocycles. The van der Waals surface area contributed by atoms with Crippen LogP contribution in [0.2, 0.25) is 0 Å². The molecule has 0 radical (unpaired) electrons. The minimum atomic E-state index is 0.962. The second kappa shape index (κ2) is 6.20. The largest absolute Gasteiger partial charge is 0.456 e. The fraction of sp³-hybridized carbons (Fsp3) is 0.0400.